The van der Waals surface area contributed by atoms with E-state index in [-0.39, 0.29) is 12.1 Å². The predicted octanol–water partition coefficient (Wildman–Crippen LogP) is 2.23. The van der Waals surface area contributed by atoms with Crippen LogP contribution in [0, 0.1) is 17.3 Å². The largest absolute Gasteiger partial charge is 0.394 e. The van der Waals surface area contributed by atoms with Crippen LogP contribution < -0.4 is 5.73 Å². The van der Waals surface area contributed by atoms with E-state index in [1.807, 2.05) is 0 Å². The Morgan fingerprint density at radius 3 is 2.63 bits per heavy atom. The molecule has 1 saturated carbocycles. The summed E-state index contributed by atoms with van der Waals surface area (Å²) in [6.07, 6.45) is 5.88. The molecule has 0 aromatic rings. The van der Waals surface area contributed by atoms with Crippen molar-refractivity contribution >= 4 is 0 Å². The lowest BCUT2D eigenvalue weighted by Crippen LogP contribution is -2.47. The van der Waals surface area contributed by atoms with Gasteiger partial charge in [0.15, 0.2) is 0 Å². The third kappa shape index (κ3) is 3.50. The van der Waals surface area contributed by atoms with Crippen LogP contribution in [0.3, 0.4) is 0 Å². The van der Waals surface area contributed by atoms with Gasteiger partial charge in [0.1, 0.15) is 0 Å². The van der Waals surface area contributed by atoms with Crippen molar-refractivity contribution in [3.05, 3.63) is 0 Å². The number of aliphatic hydroxyl groups excluding tert-OH is 1. The summed E-state index contributed by atoms with van der Waals surface area (Å²) in [7, 11) is 0. The molecule has 0 aromatic carbocycles. The van der Waals surface area contributed by atoms with Crippen molar-refractivity contribution in [1.82, 2.24) is 4.90 Å². The summed E-state index contributed by atoms with van der Waals surface area (Å²) >= 11 is 0. The Morgan fingerprint density at radius 1 is 1.32 bits per heavy atom. The number of hydrogen-bond donors (Lipinski definition) is 2. The Hall–Kier alpha value is -0.120. The Morgan fingerprint density at radius 2 is 2.05 bits per heavy atom. The first-order chi connectivity index (χ1) is 8.85. The molecule has 2 aliphatic rings. The van der Waals surface area contributed by atoms with E-state index < -0.39 is 0 Å². The van der Waals surface area contributed by atoms with Crippen molar-refractivity contribution in [3.8, 4) is 0 Å². The highest BCUT2D eigenvalue weighted by Crippen LogP contribution is 2.37. The minimum Gasteiger partial charge on any atom is -0.394 e. The number of rotatable bonds is 4. The van der Waals surface area contributed by atoms with Gasteiger partial charge in [0, 0.05) is 12.1 Å². The van der Waals surface area contributed by atoms with Crippen LogP contribution in [0.2, 0.25) is 0 Å². The van der Waals surface area contributed by atoms with Gasteiger partial charge in [-0.25, -0.2) is 0 Å². The van der Waals surface area contributed by atoms with E-state index in [9.17, 15) is 5.11 Å². The SMILES string of the molecule is CC(C)(C)C1CCN(CCC2CCCC2(N)CO)C1. The molecule has 3 N–H and O–H groups in total. The average molecular weight is 268 g/mol. The second-order valence-corrected chi connectivity index (χ2v) is 7.92. The molecule has 2 rings (SSSR count). The zero-order chi connectivity index (χ0) is 14.1. The van der Waals surface area contributed by atoms with Crippen molar-refractivity contribution in [2.24, 2.45) is 23.0 Å². The number of nitrogens with zero attached hydrogens (tertiary/aromatic N) is 1. The van der Waals surface area contributed by atoms with Gasteiger partial charge in [0.05, 0.1) is 6.61 Å². The summed E-state index contributed by atoms with van der Waals surface area (Å²) in [5, 5.41) is 9.50. The summed E-state index contributed by atoms with van der Waals surface area (Å²) in [6, 6.07) is 0. The number of likely N-dealkylation sites (tertiary alicyclic amines) is 1. The van der Waals surface area contributed by atoms with Crippen molar-refractivity contribution in [1.29, 1.82) is 0 Å². The fourth-order valence-electron chi connectivity index (χ4n) is 3.89. The standard InChI is InChI=1S/C16H32N2O/c1-15(2,3)14-7-10-18(11-14)9-6-13-5-4-8-16(13,17)12-19/h13-14,19H,4-12,17H2,1-3H3. The zero-order valence-corrected chi connectivity index (χ0v) is 13.0. The van der Waals surface area contributed by atoms with Crippen LogP contribution in [-0.4, -0.2) is 41.8 Å². The monoisotopic (exact) mass is 268 g/mol. The summed E-state index contributed by atoms with van der Waals surface area (Å²) in [4.78, 5) is 2.60. The topological polar surface area (TPSA) is 49.5 Å². The van der Waals surface area contributed by atoms with Crippen LogP contribution in [0.4, 0.5) is 0 Å². The molecule has 3 nitrogen and oxygen atoms in total. The van der Waals surface area contributed by atoms with Gasteiger partial charge in [-0.2, -0.15) is 0 Å². The zero-order valence-electron chi connectivity index (χ0n) is 13.0. The Kier molecular flexibility index (Phi) is 4.59. The molecule has 3 heteroatoms. The smallest absolute Gasteiger partial charge is 0.0613 e. The molecule has 0 amide bonds. The molecule has 19 heavy (non-hydrogen) atoms. The Bertz CT molecular complexity index is 300. The first-order valence-electron chi connectivity index (χ1n) is 7.97. The number of aliphatic hydroxyl groups is 1. The maximum atomic E-state index is 9.50. The van der Waals surface area contributed by atoms with E-state index in [2.05, 4.69) is 25.7 Å². The van der Waals surface area contributed by atoms with E-state index in [0.29, 0.717) is 11.3 Å². The normalized spacial score (nSPS) is 37.1. The molecule has 2 fully saturated rings. The highest BCUT2D eigenvalue weighted by Gasteiger charge is 2.39. The molecule has 1 aliphatic heterocycles. The lowest BCUT2D eigenvalue weighted by Gasteiger charge is -2.31. The van der Waals surface area contributed by atoms with Gasteiger partial charge in [0.2, 0.25) is 0 Å². The molecule has 3 unspecified atom stereocenters. The van der Waals surface area contributed by atoms with E-state index in [1.54, 1.807) is 0 Å². The Labute approximate surface area is 118 Å². The van der Waals surface area contributed by atoms with E-state index >= 15 is 0 Å². The summed E-state index contributed by atoms with van der Waals surface area (Å²) < 4.78 is 0. The van der Waals surface area contributed by atoms with Gasteiger partial charge < -0.3 is 15.7 Å². The van der Waals surface area contributed by atoms with Gasteiger partial charge in [0.25, 0.3) is 0 Å². The van der Waals surface area contributed by atoms with E-state index in [4.69, 9.17) is 5.73 Å². The van der Waals surface area contributed by atoms with Gasteiger partial charge in [-0.3, -0.25) is 0 Å². The molecule has 0 radical (unpaired) electrons. The predicted molar refractivity (Wildman–Crippen MR) is 80.0 cm³/mol. The molecule has 112 valence electrons. The summed E-state index contributed by atoms with van der Waals surface area (Å²) in [5.74, 6) is 1.35. The van der Waals surface area contributed by atoms with Crippen LogP contribution >= 0.6 is 0 Å². The summed E-state index contributed by atoms with van der Waals surface area (Å²) in [5.41, 5.74) is 6.46. The second kappa shape index (κ2) is 5.71. The van der Waals surface area contributed by atoms with Gasteiger partial charge >= 0.3 is 0 Å². The van der Waals surface area contributed by atoms with Crippen LogP contribution in [0.1, 0.15) is 52.9 Å². The highest BCUT2D eigenvalue weighted by molar-refractivity contribution is 4.96. The van der Waals surface area contributed by atoms with Crippen LogP contribution in [0.5, 0.6) is 0 Å². The average Bonchev–Trinajstić information content (AvgIpc) is 2.93. The molecule has 1 saturated heterocycles. The molecule has 0 aromatic heterocycles. The van der Waals surface area contributed by atoms with Crippen LogP contribution in [-0.2, 0) is 0 Å². The van der Waals surface area contributed by atoms with E-state index in [0.717, 1.165) is 25.3 Å². The van der Waals surface area contributed by atoms with E-state index in [1.165, 1.54) is 32.4 Å². The minimum atomic E-state index is -0.289. The van der Waals surface area contributed by atoms with Gasteiger partial charge in [-0.05, 0) is 56.0 Å². The molecule has 0 bridgehead atoms. The first kappa shape index (κ1) is 15.3. The molecule has 0 spiro atoms. The first-order valence-corrected chi connectivity index (χ1v) is 7.97. The fourth-order valence-corrected chi connectivity index (χ4v) is 3.89. The molecule has 3 atom stereocenters. The van der Waals surface area contributed by atoms with Crippen LogP contribution in [0.15, 0.2) is 0 Å². The second-order valence-electron chi connectivity index (χ2n) is 7.92. The van der Waals surface area contributed by atoms with Gasteiger partial charge in [-0.1, -0.05) is 27.2 Å². The number of hydrogen-bond acceptors (Lipinski definition) is 3. The van der Waals surface area contributed by atoms with Crippen molar-refractivity contribution in [2.45, 2.75) is 58.4 Å². The lowest BCUT2D eigenvalue weighted by atomic mass is 9.80. The Balaban J connectivity index is 1.78. The summed E-state index contributed by atoms with van der Waals surface area (Å²) in [6.45, 7) is 10.9. The third-order valence-electron chi connectivity index (χ3n) is 5.59. The van der Waals surface area contributed by atoms with Gasteiger partial charge in [-0.15, -0.1) is 0 Å². The lowest BCUT2D eigenvalue weighted by molar-refractivity contribution is 0.145. The van der Waals surface area contributed by atoms with Crippen molar-refractivity contribution < 1.29 is 5.11 Å². The molecular weight excluding hydrogens is 236 g/mol. The maximum absolute atomic E-state index is 9.50. The van der Waals surface area contributed by atoms with Crippen molar-refractivity contribution in [2.75, 3.05) is 26.2 Å². The number of nitrogens with two attached hydrogens (primary N) is 1. The quantitative estimate of drug-likeness (QED) is 0.822. The fraction of sp³-hybridized carbons (Fsp3) is 1.00. The molecule has 1 aliphatic carbocycles. The van der Waals surface area contributed by atoms with Crippen LogP contribution in [0.25, 0.3) is 0 Å². The highest BCUT2D eigenvalue weighted by atomic mass is 16.3. The maximum Gasteiger partial charge on any atom is 0.0613 e. The molecule has 1 heterocycles. The minimum absolute atomic E-state index is 0.155. The third-order valence-corrected chi connectivity index (χ3v) is 5.59. The van der Waals surface area contributed by atoms with Crippen molar-refractivity contribution in [3.63, 3.8) is 0 Å². The molecular formula is C16H32N2O.